The number of carbonyl (C=O) groups is 4. The second-order valence-corrected chi connectivity index (χ2v) is 9.91. The number of nitrogen functional groups attached to an aromatic ring is 1. The van der Waals surface area contributed by atoms with Crippen molar-refractivity contribution in [3.05, 3.63) is 22.3 Å². The maximum absolute atomic E-state index is 12.7. The van der Waals surface area contributed by atoms with E-state index in [1.807, 2.05) is 7.05 Å². The van der Waals surface area contributed by atoms with Crippen LogP contribution in [0.15, 0.2) is 16.7 Å². The van der Waals surface area contributed by atoms with Crippen LogP contribution in [0.5, 0.6) is 0 Å². The SMILES string of the molecule is CN1CCN(C(=O)OCC2=C(C(=O)O)N3C(=O)C(NC(=O)Cc4csc(N)n4)[C@H]3SC2)CC1.Cl.Cl. The van der Waals surface area contributed by atoms with E-state index in [9.17, 15) is 24.3 Å². The van der Waals surface area contributed by atoms with Crippen molar-refractivity contribution in [1.29, 1.82) is 0 Å². The van der Waals surface area contributed by atoms with Crippen LogP contribution in [0.4, 0.5) is 9.93 Å². The normalized spacial score (nSPS) is 21.8. The molecular weight excluding hydrogens is 543 g/mol. The monoisotopic (exact) mass is 568 g/mol. The number of amides is 3. The molecule has 0 spiro atoms. The van der Waals surface area contributed by atoms with Crippen LogP contribution in [-0.2, 0) is 25.5 Å². The standard InChI is InChI=1S/C19H24N6O6S2.2ClH/c1-23-2-4-24(5-3-23)19(30)31-7-10-8-32-16-13(15(27)25(16)14(10)17(28)29)22-12(26)6-11-9-33-18(20)21-11;;/h9,13,16H,2-8H2,1H3,(H2,20,21)(H,22,26)(H,28,29);2*1H/t13?,16-;;/m1../s1. The fraction of sp³-hybridized carbons (Fsp3) is 0.526. The predicted octanol–water partition coefficient (Wildman–Crippen LogP) is 0.234. The highest BCUT2D eigenvalue weighted by Gasteiger charge is 2.54. The Bertz CT molecular complexity index is 1020. The van der Waals surface area contributed by atoms with E-state index >= 15 is 0 Å². The van der Waals surface area contributed by atoms with E-state index in [1.54, 1.807) is 10.3 Å². The van der Waals surface area contributed by atoms with Gasteiger partial charge in [-0.25, -0.2) is 14.6 Å². The summed E-state index contributed by atoms with van der Waals surface area (Å²) in [5.74, 6) is -1.92. The molecule has 2 saturated heterocycles. The molecule has 35 heavy (non-hydrogen) atoms. The molecule has 194 valence electrons. The number of β-lactam (4-membered cyclic amide) rings is 1. The zero-order valence-corrected chi connectivity index (χ0v) is 21.9. The molecule has 2 fully saturated rings. The smallest absolute Gasteiger partial charge is 0.410 e. The number of aromatic nitrogens is 1. The Morgan fingerprint density at radius 3 is 2.54 bits per heavy atom. The van der Waals surface area contributed by atoms with Gasteiger partial charge < -0.3 is 30.7 Å². The van der Waals surface area contributed by atoms with Crippen LogP contribution < -0.4 is 11.1 Å². The number of anilines is 1. The fourth-order valence-corrected chi connectivity index (χ4v) is 5.71. The van der Waals surface area contributed by atoms with Crippen LogP contribution in [0.25, 0.3) is 0 Å². The van der Waals surface area contributed by atoms with Crippen molar-refractivity contribution in [2.45, 2.75) is 17.8 Å². The lowest BCUT2D eigenvalue weighted by atomic mass is 10.0. The topological polar surface area (TPSA) is 158 Å². The molecule has 3 amide bonds. The molecule has 0 aromatic carbocycles. The number of likely N-dealkylation sites (N-methyl/N-ethyl adjacent to an activating group) is 1. The van der Waals surface area contributed by atoms with Crippen LogP contribution in [-0.4, -0.2) is 106 Å². The highest BCUT2D eigenvalue weighted by atomic mass is 35.5. The first-order chi connectivity index (χ1) is 15.7. The number of hydrogen-bond donors (Lipinski definition) is 3. The van der Waals surface area contributed by atoms with Gasteiger partial charge in [0.25, 0.3) is 5.91 Å². The number of nitrogens with two attached hydrogens (primary N) is 1. The summed E-state index contributed by atoms with van der Waals surface area (Å²) in [7, 11) is 1.97. The highest BCUT2D eigenvalue weighted by molar-refractivity contribution is 8.00. The van der Waals surface area contributed by atoms with Crippen LogP contribution in [0.1, 0.15) is 5.69 Å². The lowest BCUT2D eigenvalue weighted by Gasteiger charge is -2.49. The van der Waals surface area contributed by atoms with Gasteiger partial charge in [0.2, 0.25) is 5.91 Å². The number of nitrogens with one attached hydrogen (secondary N) is 1. The molecule has 16 heteroatoms. The van der Waals surface area contributed by atoms with Gasteiger partial charge in [0.15, 0.2) is 5.13 Å². The average Bonchev–Trinajstić information content (AvgIpc) is 3.19. The second-order valence-electron chi connectivity index (χ2n) is 7.91. The van der Waals surface area contributed by atoms with Gasteiger partial charge in [-0.3, -0.25) is 14.5 Å². The number of nitrogens with zero attached hydrogens (tertiary/aromatic N) is 4. The number of carboxylic acid groups (broad SMARTS) is 1. The first-order valence-corrected chi connectivity index (χ1v) is 12.2. The zero-order valence-electron chi connectivity index (χ0n) is 18.7. The Morgan fingerprint density at radius 2 is 1.94 bits per heavy atom. The van der Waals surface area contributed by atoms with E-state index in [0.29, 0.717) is 29.5 Å². The molecule has 4 heterocycles. The molecule has 2 atom stereocenters. The van der Waals surface area contributed by atoms with Crippen LogP contribution in [0, 0.1) is 0 Å². The number of hydrogen-bond acceptors (Lipinski definition) is 10. The molecule has 3 aliphatic heterocycles. The minimum Gasteiger partial charge on any atom is -0.477 e. The number of ether oxygens (including phenoxy) is 1. The first kappa shape index (κ1) is 29.0. The molecule has 1 aromatic rings. The van der Waals surface area contributed by atoms with E-state index in [1.165, 1.54) is 23.1 Å². The molecule has 0 radical (unpaired) electrons. The number of carboxylic acids is 1. The summed E-state index contributed by atoms with van der Waals surface area (Å²) in [5.41, 5.74) is 6.23. The van der Waals surface area contributed by atoms with Crippen molar-refractivity contribution in [2.75, 3.05) is 51.3 Å². The molecule has 1 aromatic heterocycles. The molecule has 0 bridgehead atoms. The molecule has 4 N–H and O–H groups in total. The lowest BCUT2D eigenvalue weighted by molar-refractivity contribution is -0.150. The quantitative estimate of drug-likeness (QED) is 0.405. The Labute approximate surface area is 222 Å². The third-order valence-corrected chi connectivity index (χ3v) is 7.67. The number of thioether (sulfide) groups is 1. The van der Waals surface area contributed by atoms with E-state index in [4.69, 9.17) is 10.5 Å². The fourth-order valence-electron chi connectivity index (χ4n) is 3.82. The number of fused-ring (bicyclic) bond motifs is 1. The van der Waals surface area contributed by atoms with E-state index in [0.717, 1.165) is 18.0 Å². The number of aliphatic carboxylic acids is 1. The van der Waals surface area contributed by atoms with Crippen molar-refractivity contribution >= 4 is 76.9 Å². The van der Waals surface area contributed by atoms with Crippen molar-refractivity contribution in [3.8, 4) is 0 Å². The maximum atomic E-state index is 12.7. The number of carbonyl (C=O) groups excluding carboxylic acids is 3. The predicted molar refractivity (Wildman–Crippen MR) is 135 cm³/mol. The maximum Gasteiger partial charge on any atom is 0.410 e. The van der Waals surface area contributed by atoms with E-state index < -0.39 is 35.3 Å². The summed E-state index contributed by atoms with van der Waals surface area (Å²) in [6, 6.07) is -0.831. The number of piperazine rings is 1. The van der Waals surface area contributed by atoms with Crippen molar-refractivity contribution in [3.63, 3.8) is 0 Å². The number of thiazole rings is 1. The molecule has 1 unspecified atom stereocenters. The zero-order chi connectivity index (χ0) is 23.7. The molecule has 0 aliphatic carbocycles. The van der Waals surface area contributed by atoms with Gasteiger partial charge in [-0.2, -0.15) is 0 Å². The minimum absolute atomic E-state index is 0. The Balaban J connectivity index is 0.00000216. The molecule has 4 rings (SSSR count). The third kappa shape index (κ3) is 6.30. The van der Waals surface area contributed by atoms with Crippen LogP contribution in [0.3, 0.4) is 0 Å². The van der Waals surface area contributed by atoms with Gasteiger partial charge in [-0.15, -0.1) is 47.9 Å². The van der Waals surface area contributed by atoms with Gasteiger partial charge in [-0.05, 0) is 7.05 Å². The van der Waals surface area contributed by atoms with Gasteiger partial charge in [-0.1, -0.05) is 0 Å². The van der Waals surface area contributed by atoms with Crippen molar-refractivity contribution in [2.24, 2.45) is 0 Å². The average molecular weight is 569 g/mol. The van der Waals surface area contributed by atoms with Crippen molar-refractivity contribution in [1.82, 2.24) is 25.0 Å². The Kier molecular flexibility index (Phi) is 10.0. The Hall–Kier alpha value is -2.26. The molecule has 0 saturated carbocycles. The first-order valence-electron chi connectivity index (χ1n) is 10.2. The summed E-state index contributed by atoms with van der Waals surface area (Å²) in [5, 5.41) is 13.9. The van der Waals surface area contributed by atoms with Gasteiger partial charge in [0.05, 0.1) is 12.1 Å². The van der Waals surface area contributed by atoms with Crippen LogP contribution >= 0.6 is 47.9 Å². The summed E-state index contributed by atoms with van der Waals surface area (Å²) in [6.07, 6.45) is -0.528. The molecule has 3 aliphatic rings. The summed E-state index contributed by atoms with van der Waals surface area (Å²) < 4.78 is 5.35. The van der Waals surface area contributed by atoms with Gasteiger partial charge in [0.1, 0.15) is 23.7 Å². The summed E-state index contributed by atoms with van der Waals surface area (Å²) in [4.78, 5) is 58.2. The summed E-state index contributed by atoms with van der Waals surface area (Å²) in [6.45, 7) is 2.34. The second kappa shape index (κ2) is 12.1. The van der Waals surface area contributed by atoms with Crippen molar-refractivity contribution < 1.29 is 29.0 Å². The number of halogens is 2. The minimum atomic E-state index is -1.28. The van der Waals surface area contributed by atoms with Crippen LogP contribution in [0.2, 0.25) is 0 Å². The lowest BCUT2D eigenvalue weighted by Crippen LogP contribution is -2.70. The molecule has 12 nitrogen and oxygen atoms in total. The molecular formula is C19H26Cl2N6O6S2. The van der Waals surface area contributed by atoms with E-state index in [2.05, 4.69) is 15.2 Å². The Morgan fingerprint density at radius 1 is 1.26 bits per heavy atom. The largest absolute Gasteiger partial charge is 0.477 e. The van der Waals surface area contributed by atoms with Gasteiger partial charge in [0, 0.05) is 42.9 Å². The highest BCUT2D eigenvalue weighted by Crippen LogP contribution is 2.40. The number of rotatable bonds is 6. The van der Waals surface area contributed by atoms with E-state index in [-0.39, 0.29) is 49.3 Å². The van der Waals surface area contributed by atoms with Gasteiger partial charge >= 0.3 is 12.1 Å². The third-order valence-electron chi connectivity index (χ3n) is 5.61. The summed E-state index contributed by atoms with van der Waals surface area (Å²) >= 11 is 2.54.